The van der Waals surface area contributed by atoms with Crippen LogP contribution in [-0.4, -0.2) is 38.5 Å². The first-order valence-electron chi connectivity index (χ1n) is 6.76. The van der Waals surface area contributed by atoms with E-state index < -0.39 is 0 Å². The maximum atomic E-state index is 5.77. The SMILES string of the molecule is COCCOCCCNc1ccnc2cc(N)ccc12. The van der Waals surface area contributed by atoms with Crippen molar-refractivity contribution in [3.05, 3.63) is 30.5 Å². The van der Waals surface area contributed by atoms with E-state index in [0.717, 1.165) is 41.9 Å². The molecule has 0 radical (unpaired) electrons. The van der Waals surface area contributed by atoms with Crippen molar-refractivity contribution in [3.8, 4) is 0 Å². The van der Waals surface area contributed by atoms with E-state index in [9.17, 15) is 0 Å². The maximum Gasteiger partial charge on any atom is 0.0743 e. The lowest BCUT2D eigenvalue weighted by Crippen LogP contribution is -2.08. The lowest BCUT2D eigenvalue weighted by atomic mass is 10.1. The number of nitrogen functional groups attached to an aromatic ring is 1. The van der Waals surface area contributed by atoms with Gasteiger partial charge in [-0.1, -0.05) is 0 Å². The molecule has 0 spiro atoms. The lowest BCUT2D eigenvalue weighted by molar-refractivity contribution is 0.0705. The van der Waals surface area contributed by atoms with Crippen LogP contribution >= 0.6 is 0 Å². The smallest absolute Gasteiger partial charge is 0.0743 e. The van der Waals surface area contributed by atoms with Crippen molar-refractivity contribution in [1.82, 2.24) is 4.98 Å². The van der Waals surface area contributed by atoms with Crippen LogP contribution in [0.1, 0.15) is 6.42 Å². The number of nitrogens with two attached hydrogens (primary N) is 1. The van der Waals surface area contributed by atoms with E-state index >= 15 is 0 Å². The van der Waals surface area contributed by atoms with Gasteiger partial charge >= 0.3 is 0 Å². The first-order chi connectivity index (χ1) is 9.81. The Morgan fingerprint density at radius 3 is 2.95 bits per heavy atom. The second kappa shape index (κ2) is 7.67. The fraction of sp³-hybridized carbons (Fsp3) is 0.400. The van der Waals surface area contributed by atoms with Crippen LogP contribution in [0.4, 0.5) is 11.4 Å². The molecule has 108 valence electrons. The number of benzene rings is 1. The molecule has 20 heavy (non-hydrogen) atoms. The maximum absolute atomic E-state index is 5.77. The summed E-state index contributed by atoms with van der Waals surface area (Å²) < 4.78 is 10.3. The predicted octanol–water partition coefficient (Wildman–Crippen LogP) is 2.28. The number of ether oxygens (including phenoxy) is 2. The summed E-state index contributed by atoms with van der Waals surface area (Å²) >= 11 is 0. The monoisotopic (exact) mass is 275 g/mol. The summed E-state index contributed by atoms with van der Waals surface area (Å²) in [6.45, 7) is 2.88. The fourth-order valence-electron chi connectivity index (χ4n) is 1.96. The quantitative estimate of drug-likeness (QED) is 0.571. The fourth-order valence-corrected chi connectivity index (χ4v) is 1.96. The molecule has 0 bridgehead atoms. The highest BCUT2D eigenvalue weighted by atomic mass is 16.5. The highest BCUT2D eigenvalue weighted by Crippen LogP contribution is 2.23. The molecule has 0 saturated heterocycles. The summed E-state index contributed by atoms with van der Waals surface area (Å²) in [5.41, 5.74) is 8.48. The molecule has 1 heterocycles. The number of fused-ring (bicyclic) bond motifs is 1. The second-order valence-corrected chi connectivity index (χ2v) is 4.52. The van der Waals surface area contributed by atoms with Crippen molar-refractivity contribution in [2.75, 3.05) is 44.5 Å². The zero-order chi connectivity index (χ0) is 14.2. The second-order valence-electron chi connectivity index (χ2n) is 4.52. The minimum Gasteiger partial charge on any atom is -0.399 e. The van der Waals surface area contributed by atoms with Crippen LogP contribution in [-0.2, 0) is 9.47 Å². The van der Waals surface area contributed by atoms with Gasteiger partial charge in [-0.2, -0.15) is 0 Å². The van der Waals surface area contributed by atoms with E-state index in [1.807, 2.05) is 24.3 Å². The van der Waals surface area contributed by atoms with Gasteiger partial charge in [0, 0.05) is 43.2 Å². The number of methoxy groups -OCH3 is 1. The standard InChI is InChI=1S/C15H21N3O2/c1-19-9-10-20-8-2-6-17-14-5-7-18-15-11-12(16)3-4-13(14)15/h3-5,7,11H,2,6,8-10,16H2,1H3,(H,17,18). The normalized spacial score (nSPS) is 10.8. The van der Waals surface area contributed by atoms with Crippen LogP contribution in [0.2, 0.25) is 0 Å². The lowest BCUT2D eigenvalue weighted by Gasteiger charge is -2.10. The molecule has 2 aromatic rings. The van der Waals surface area contributed by atoms with Gasteiger partial charge < -0.3 is 20.5 Å². The van der Waals surface area contributed by atoms with E-state index in [4.69, 9.17) is 15.2 Å². The van der Waals surface area contributed by atoms with Gasteiger partial charge in [-0.25, -0.2) is 0 Å². The molecule has 0 amide bonds. The van der Waals surface area contributed by atoms with Crippen molar-refractivity contribution < 1.29 is 9.47 Å². The van der Waals surface area contributed by atoms with Crippen LogP contribution in [0.25, 0.3) is 10.9 Å². The molecule has 0 aliphatic heterocycles. The Balaban J connectivity index is 1.84. The Hall–Kier alpha value is -1.85. The Morgan fingerprint density at radius 1 is 1.20 bits per heavy atom. The summed E-state index contributed by atoms with van der Waals surface area (Å²) in [6.07, 6.45) is 2.74. The summed E-state index contributed by atoms with van der Waals surface area (Å²) in [4.78, 5) is 4.32. The molecule has 0 aliphatic carbocycles. The van der Waals surface area contributed by atoms with E-state index in [1.165, 1.54) is 0 Å². The van der Waals surface area contributed by atoms with Gasteiger partial charge in [0.15, 0.2) is 0 Å². The number of rotatable bonds is 8. The number of aromatic nitrogens is 1. The molecule has 3 N–H and O–H groups in total. The van der Waals surface area contributed by atoms with Crippen molar-refractivity contribution >= 4 is 22.3 Å². The molecule has 1 aromatic carbocycles. The number of nitrogens with zero attached hydrogens (tertiary/aromatic N) is 1. The molecule has 0 unspecified atom stereocenters. The van der Waals surface area contributed by atoms with Crippen molar-refractivity contribution in [3.63, 3.8) is 0 Å². The minimum atomic E-state index is 0.643. The van der Waals surface area contributed by atoms with Crippen LogP contribution < -0.4 is 11.1 Å². The van der Waals surface area contributed by atoms with Crippen molar-refractivity contribution in [2.24, 2.45) is 0 Å². The van der Waals surface area contributed by atoms with Gasteiger partial charge in [0.1, 0.15) is 0 Å². The highest BCUT2D eigenvalue weighted by molar-refractivity contribution is 5.92. The van der Waals surface area contributed by atoms with E-state index in [0.29, 0.717) is 13.2 Å². The highest BCUT2D eigenvalue weighted by Gasteiger charge is 2.01. The Kier molecular flexibility index (Phi) is 5.58. The molecule has 5 nitrogen and oxygen atoms in total. The number of pyridine rings is 1. The zero-order valence-corrected chi connectivity index (χ0v) is 11.8. The van der Waals surface area contributed by atoms with Gasteiger partial charge in [0.05, 0.1) is 18.7 Å². The Labute approximate surface area is 119 Å². The molecule has 0 aliphatic rings. The predicted molar refractivity (Wildman–Crippen MR) is 82.0 cm³/mol. The topological polar surface area (TPSA) is 69.4 Å². The molecule has 2 rings (SSSR count). The molecule has 0 fully saturated rings. The molecular weight excluding hydrogens is 254 g/mol. The van der Waals surface area contributed by atoms with Gasteiger partial charge in [-0.15, -0.1) is 0 Å². The molecule has 0 atom stereocenters. The van der Waals surface area contributed by atoms with E-state index in [1.54, 1.807) is 13.3 Å². The minimum absolute atomic E-state index is 0.643. The van der Waals surface area contributed by atoms with Crippen molar-refractivity contribution in [1.29, 1.82) is 0 Å². The van der Waals surface area contributed by atoms with Crippen molar-refractivity contribution in [2.45, 2.75) is 6.42 Å². The largest absolute Gasteiger partial charge is 0.399 e. The van der Waals surface area contributed by atoms with E-state index in [2.05, 4.69) is 10.3 Å². The summed E-state index contributed by atoms with van der Waals surface area (Å²) in [6, 6.07) is 7.75. The van der Waals surface area contributed by atoms with Crippen LogP contribution in [0.3, 0.4) is 0 Å². The number of anilines is 2. The van der Waals surface area contributed by atoms with Gasteiger partial charge in [-0.3, -0.25) is 4.98 Å². The van der Waals surface area contributed by atoms with Crippen LogP contribution in [0.5, 0.6) is 0 Å². The average molecular weight is 275 g/mol. The summed E-state index contributed by atoms with van der Waals surface area (Å²) in [5.74, 6) is 0. The number of hydrogen-bond acceptors (Lipinski definition) is 5. The van der Waals surface area contributed by atoms with Crippen LogP contribution in [0.15, 0.2) is 30.5 Å². The summed E-state index contributed by atoms with van der Waals surface area (Å²) in [7, 11) is 1.67. The molecule has 0 saturated carbocycles. The third-order valence-corrected chi connectivity index (χ3v) is 2.98. The molecule has 5 heteroatoms. The summed E-state index contributed by atoms with van der Waals surface area (Å²) in [5, 5.41) is 4.49. The molecule has 1 aromatic heterocycles. The Morgan fingerprint density at radius 2 is 2.10 bits per heavy atom. The first kappa shape index (κ1) is 14.6. The molecular formula is C15H21N3O2. The first-order valence-corrected chi connectivity index (χ1v) is 6.76. The average Bonchev–Trinajstić information content (AvgIpc) is 2.46. The van der Waals surface area contributed by atoms with Gasteiger partial charge in [-0.05, 0) is 30.7 Å². The number of nitrogens with one attached hydrogen (secondary N) is 1. The van der Waals surface area contributed by atoms with Crippen LogP contribution in [0, 0.1) is 0 Å². The Bertz CT molecular complexity index is 546. The van der Waals surface area contributed by atoms with Gasteiger partial charge in [0.2, 0.25) is 0 Å². The number of hydrogen-bond donors (Lipinski definition) is 2. The third kappa shape index (κ3) is 4.08. The van der Waals surface area contributed by atoms with E-state index in [-0.39, 0.29) is 0 Å². The third-order valence-electron chi connectivity index (χ3n) is 2.98. The zero-order valence-electron chi connectivity index (χ0n) is 11.8. The van der Waals surface area contributed by atoms with Gasteiger partial charge in [0.25, 0.3) is 0 Å².